The van der Waals surface area contributed by atoms with Gasteiger partial charge in [-0.25, -0.2) is 4.98 Å². The van der Waals surface area contributed by atoms with E-state index in [0.29, 0.717) is 10.2 Å². The Kier molecular flexibility index (Phi) is 4.08. The van der Waals surface area contributed by atoms with Crippen molar-refractivity contribution in [3.05, 3.63) is 56.7 Å². The molecular formula is C12H9BrN2O4. The number of pyridine rings is 1. The van der Waals surface area contributed by atoms with Gasteiger partial charge in [-0.15, -0.1) is 0 Å². The standard InChI is InChI=1S/C12H9BrN2O4/c13-11-5-9(15(17)18)6-14-12(11)19-10-3-1-8(7-16)2-4-10/h1-6,16H,7H2. The molecule has 1 heterocycles. The molecule has 0 saturated carbocycles. The zero-order valence-corrected chi connectivity index (χ0v) is 11.2. The number of benzene rings is 1. The minimum atomic E-state index is -0.530. The van der Waals surface area contributed by atoms with E-state index < -0.39 is 4.92 Å². The lowest BCUT2D eigenvalue weighted by molar-refractivity contribution is -0.385. The first-order valence-electron chi connectivity index (χ1n) is 5.27. The van der Waals surface area contributed by atoms with Crippen molar-refractivity contribution in [2.45, 2.75) is 6.61 Å². The van der Waals surface area contributed by atoms with Crippen molar-refractivity contribution in [3.8, 4) is 11.6 Å². The van der Waals surface area contributed by atoms with Gasteiger partial charge in [0.05, 0.1) is 16.0 Å². The van der Waals surface area contributed by atoms with Crippen LogP contribution in [-0.4, -0.2) is 15.0 Å². The lowest BCUT2D eigenvalue weighted by Crippen LogP contribution is -1.93. The third-order valence-electron chi connectivity index (χ3n) is 2.32. The molecule has 6 nitrogen and oxygen atoms in total. The van der Waals surface area contributed by atoms with E-state index >= 15 is 0 Å². The first-order valence-corrected chi connectivity index (χ1v) is 6.07. The zero-order valence-electron chi connectivity index (χ0n) is 9.62. The van der Waals surface area contributed by atoms with Crippen molar-refractivity contribution in [1.29, 1.82) is 0 Å². The van der Waals surface area contributed by atoms with Gasteiger partial charge in [0.2, 0.25) is 5.88 Å². The van der Waals surface area contributed by atoms with Gasteiger partial charge in [-0.2, -0.15) is 0 Å². The monoisotopic (exact) mass is 324 g/mol. The first kappa shape index (κ1) is 13.4. The maximum absolute atomic E-state index is 10.6. The minimum absolute atomic E-state index is 0.0419. The van der Waals surface area contributed by atoms with Crippen molar-refractivity contribution in [2.24, 2.45) is 0 Å². The summed E-state index contributed by atoms with van der Waals surface area (Å²) >= 11 is 3.17. The van der Waals surface area contributed by atoms with E-state index in [9.17, 15) is 10.1 Å². The summed E-state index contributed by atoms with van der Waals surface area (Å²) in [6.45, 7) is -0.0419. The highest BCUT2D eigenvalue weighted by atomic mass is 79.9. The average Bonchev–Trinajstić information content (AvgIpc) is 2.41. The van der Waals surface area contributed by atoms with Crippen molar-refractivity contribution < 1.29 is 14.8 Å². The summed E-state index contributed by atoms with van der Waals surface area (Å²) in [5.74, 6) is 0.765. The Balaban J connectivity index is 2.20. The van der Waals surface area contributed by atoms with Crippen LogP contribution in [0.5, 0.6) is 11.6 Å². The SMILES string of the molecule is O=[N+]([O-])c1cnc(Oc2ccc(CO)cc2)c(Br)c1. The summed E-state index contributed by atoms with van der Waals surface area (Å²) in [4.78, 5) is 13.9. The maximum Gasteiger partial charge on any atom is 0.288 e. The lowest BCUT2D eigenvalue weighted by atomic mass is 10.2. The number of nitro groups is 1. The van der Waals surface area contributed by atoms with Crippen LogP contribution in [0, 0.1) is 10.1 Å². The summed E-state index contributed by atoms with van der Waals surface area (Å²) in [6.07, 6.45) is 1.13. The van der Waals surface area contributed by atoms with Crippen LogP contribution in [0.25, 0.3) is 0 Å². The highest BCUT2D eigenvalue weighted by Crippen LogP contribution is 2.30. The van der Waals surface area contributed by atoms with Gasteiger partial charge in [-0.3, -0.25) is 10.1 Å². The predicted octanol–water partition coefficient (Wildman–Crippen LogP) is 3.04. The second-order valence-electron chi connectivity index (χ2n) is 3.64. The molecule has 0 aliphatic carbocycles. The molecule has 0 atom stereocenters. The summed E-state index contributed by atoms with van der Waals surface area (Å²) in [6, 6.07) is 8.12. The second-order valence-corrected chi connectivity index (χ2v) is 4.50. The molecule has 0 spiro atoms. The minimum Gasteiger partial charge on any atom is -0.438 e. The number of hydrogen-bond acceptors (Lipinski definition) is 5. The van der Waals surface area contributed by atoms with E-state index in [4.69, 9.17) is 9.84 Å². The van der Waals surface area contributed by atoms with Crippen molar-refractivity contribution in [1.82, 2.24) is 4.98 Å². The fourth-order valence-corrected chi connectivity index (χ4v) is 1.78. The summed E-state index contributed by atoms with van der Waals surface area (Å²) in [7, 11) is 0. The van der Waals surface area contributed by atoms with Gasteiger partial charge in [-0.1, -0.05) is 12.1 Å². The second kappa shape index (κ2) is 5.77. The molecule has 1 N–H and O–H groups in total. The summed E-state index contributed by atoms with van der Waals surface area (Å²) in [5, 5.41) is 19.5. The van der Waals surface area contributed by atoms with Crippen LogP contribution in [0.4, 0.5) is 5.69 Å². The van der Waals surface area contributed by atoms with E-state index in [1.807, 2.05) is 0 Å². The molecule has 0 bridgehead atoms. The Bertz CT molecular complexity index is 601. The van der Waals surface area contributed by atoms with Crippen molar-refractivity contribution in [3.63, 3.8) is 0 Å². The maximum atomic E-state index is 10.6. The highest BCUT2D eigenvalue weighted by molar-refractivity contribution is 9.10. The zero-order chi connectivity index (χ0) is 13.8. The van der Waals surface area contributed by atoms with E-state index in [2.05, 4.69) is 20.9 Å². The van der Waals surface area contributed by atoms with Gasteiger partial charge >= 0.3 is 0 Å². The molecule has 0 aliphatic rings. The first-order chi connectivity index (χ1) is 9.10. The third kappa shape index (κ3) is 3.27. The van der Waals surface area contributed by atoms with Crippen LogP contribution in [0.3, 0.4) is 0 Å². The van der Waals surface area contributed by atoms with Gasteiger partial charge in [0, 0.05) is 6.07 Å². The number of hydrogen-bond donors (Lipinski definition) is 1. The quantitative estimate of drug-likeness (QED) is 0.690. The lowest BCUT2D eigenvalue weighted by Gasteiger charge is -2.06. The number of ether oxygens (including phenoxy) is 1. The Hall–Kier alpha value is -1.99. The van der Waals surface area contributed by atoms with Crippen LogP contribution in [0.15, 0.2) is 41.0 Å². The van der Waals surface area contributed by atoms with Gasteiger partial charge < -0.3 is 9.84 Å². The van der Waals surface area contributed by atoms with Crippen LogP contribution >= 0.6 is 15.9 Å². The fourth-order valence-electron chi connectivity index (χ4n) is 1.36. The van der Waals surface area contributed by atoms with Crippen molar-refractivity contribution in [2.75, 3.05) is 0 Å². The molecule has 0 unspecified atom stereocenters. The number of aromatic nitrogens is 1. The average molecular weight is 325 g/mol. The molecule has 1 aromatic heterocycles. The molecule has 98 valence electrons. The Morgan fingerprint density at radius 2 is 2.05 bits per heavy atom. The van der Waals surface area contributed by atoms with Gasteiger partial charge in [0.1, 0.15) is 11.9 Å². The topological polar surface area (TPSA) is 85.5 Å². The molecule has 7 heteroatoms. The van der Waals surface area contributed by atoms with Gasteiger partial charge in [0.25, 0.3) is 5.69 Å². The Morgan fingerprint density at radius 1 is 1.37 bits per heavy atom. The molecule has 0 fully saturated rings. The van der Waals surface area contributed by atoms with Gasteiger partial charge in [-0.05, 0) is 33.6 Å². The van der Waals surface area contributed by atoms with E-state index in [0.717, 1.165) is 11.8 Å². The predicted molar refractivity (Wildman–Crippen MR) is 71.0 cm³/mol. The Labute approximate surface area is 117 Å². The third-order valence-corrected chi connectivity index (χ3v) is 2.89. The smallest absolute Gasteiger partial charge is 0.288 e. The molecule has 0 amide bonds. The van der Waals surface area contributed by atoms with Crippen molar-refractivity contribution >= 4 is 21.6 Å². The number of nitrogens with zero attached hydrogens (tertiary/aromatic N) is 2. The number of aliphatic hydroxyl groups excluding tert-OH is 1. The number of rotatable bonds is 4. The van der Waals surface area contributed by atoms with Crippen LogP contribution < -0.4 is 4.74 Å². The summed E-state index contributed by atoms with van der Waals surface area (Å²) in [5.41, 5.74) is 0.651. The molecule has 19 heavy (non-hydrogen) atoms. The largest absolute Gasteiger partial charge is 0.438 e. The van der Waals surface area contributed by atoms with E-state index in [1.54, 1.807) is 24.3 Å². The molecule has 0 saturated heterocycles. The van der Waals surface area contributed by atoms with Crippen LogP contribution in [-0.2, 0) is 6.61 Å². The molecule has 0 aliphatic heterocycles. The van der Waals surface area contributed by atoms with Gasteiger partial charge in [0.15, 0.2) is 0 Å². The molecule has 1 aromatic carbocycles. The fraction of sp³-hybridized carbons (Fsp3) is 0.0833. The molecule has 2 aromatic rings. The molecular weight excluding hydrogens is 316 g/mol. The highest BCUT2D eigenvalue weighted by Gasteiger charge is 2.12. The molecule has 2 rings (SSSR count). The normalized spacial score (nSPS) is 10.2. The van der Waals surface area contributed by atoms with E-state index in [-0.39, 0.29) is 18.2 Å². The number of aliphatic hydroxyl groups is 1. The van der Waals surface area contributed by atoms with E-state index in [1.165, 1.54) is 6.07 Å². The van der Waals surface area contributed by atoms with Crippen LogP contribution in [0.1, 0.15) is 5.56 Å². The number of halogens is 1. The molecule has 0 radical (unpaired) electrons. The Morgan fingerprint density at radius 3 is 2.58 bits per heavy atom. The van der Waals surface area contributed by atoms with Crippen LogP contribution in [0.2, 0.25) is 0 Å². The summed E-state index contributed by atoms with van der Waals surface area (Å²) < 4.78 is 5.88.